The summed E-state index contributed by atoms with van der Waals surface area (Å²) in [5.41, 5.74) is 1.79. The van der Waals surface area contributed by atoms with Crippen LogP contribution in [0.1, 0.15) is 36.0 Å². The third-order valence-corrected chi connectivity index (χ3v) is 3.20. The largest absolute Gasteiger partial charge is 0.481 e. The van der Waals surface area contributed by atoms with E-state index in [-0.39, 0.29) is 0 Å². The Labute approximate surface area is 101 Å². The van der Waals surface area contributed by atoms with Crippen LogP contribution < -0.4 is 0 Å². The summed E-state index contributed by atoms with van der Waals surface area (Å²) in [5.74, 6) is -0.253. The normalized spacial score (nSPS) is 19.4. The highest BCUT2D eigenvalue weighted by atomic mass is 16.4. The van der Waals surface area contributed by atoms with Crippen molar-refractivity contribution in [3.8, 4) is 0 Å². The first kappa shape index (κ1) is 12.1. The molecule has 1 aliphatic carbocycles. The Morgan fingerprint density at radius 2 is 2.35 bits per heavy atom. The average Bonchev–Trinajstić information content (AvgIpc) is 2.68. The number of rotatable bonds is 4. The van der Waals surface area contributed by atoms with Crippen molar-refractivity contribution >= 4 is 5.97 Å². The van der Waals surface area contributed by atoms with Crippen LogP contribution >= 0.6 is 0 Å². The van der Waals surface area contributed by atoms with Gasteiger partial charge in [0, 0.05) is 18.7 Å². The molecule has 0 saturated carbocycles. The molecule has 0 fully saturated rings. The van der Waals surface area contributed by atoms with Crippen LogP contribution in [0.4, 0.5) is 0 Å². The summed E-state index contributed by atoms with van der Waals surface area (Å²) in [4.78, 5) is 21.0. The van der Waals surface area contributed by atoms with E-state index in [0.29, 0.717) is 6.42 Å². The number of aromatic amines is 1. The molecule has 0 aliphatic heterocycles. The van der Waals surface area contributed by atoms with Crippen molar-refractivity contribution < 1.29 is 9.90 Å². The molecular weight excluding hydrogens is 218 g/mol. The van der Waals surface area contributed by atoms with Crippen LogP contribution in [0.15, 0.2) is 0 Å². The molecule has 0 spiro atoms. The Morgan fingerprint density at radius 1 is 1.59 bits per heavy atom. The van der Waals surface area contributed by atoms with Gasteiger partial charge in [0.1, 0.15) is 11.7 Å². The first-order chi connectivity index (χ1) is 8.08. The number of fused-ring (bicyclic) bond motifs is 1. The molecule has 5 heteroatoms. The number of aromatic nitrogens is 2. The molecule has 17 heavy (non-hydrogen) atoms. The monoisotopic (exact) mass is 237 g/mol. The van der Waals surface area contributed by atoms with Crippen molar-refractivity contribution in [1.82, 2.24) is 14.9 Å². The van der Waals surface area contributed by atoms with Crippen LogP contribution in [0.3, 0.4) is 0 Å². The van der Waals surface area contributed by atoms with Crippen LogP contribution in [-0.2, 0) is 17.6 Å². The van der Waals surface area contributed by atoms with Gasteiger partial charge in [-0.2, -0.15) is 0 Å². The lowest BCUT2D eigenvalue weighted by atomic mass is 9.90. The Balaban J connectivity index is 2.16. The first-order valence-corrected chi connectivity index (χ1v) is 6.03. The lowest BCUT2D eigenvalue weighted by Gasteiger charge is -2.16. The van der Waals surface area contributed by atoms with Gasteiger partial charge < -0.3 is 15.0 Å². The lowest BCUT2D eigenvalue weighted by Crippen LogP contribution is -2.18. The van der Waals surface area contributed by atoms with Crippen molar-refractivity contribution in [2.75, 3.05) is 20.6 Å². The fourth-order valence-corrected chi connectivity index (χ4v) is 2.27. The predicted molar refractivity (Wildman–Crippen MR) is 64.2 cm³/mol. The van der Waals surface area contributed by atoms with Gasteiger partial charge in [0.05, 0.1) is 5.69 Å². The molecule has 94 valence electrons. The second-order valence-electron chi connectivity index (χ2n) is 4.88. The van der Waals surface area contributed by atoms with E-state index in [9.17, 15) is 4.79 Å². The van der Waals surface area contributed by atoms with E-state index in [1.165, 1.54) is 0 Å². The number of aryl methyl sites for hydroxylation is 1. The summed E-state index contributed by atoms with van der Waals surface area (Å²) in [5, 5.41) is 9.15. The number of aliphatic carboxylic acids is 1. The summed E-state index contributed by atoms with van der Waals surface area (Å²) in [6, 6.07) is 0. The van der Waals surface area contributed by atoms with E-state index in [4.69, 9.17) is 5.11 Å². The van der Waals surface area contributed by atoms with Gasteiger partial charge in [-0.3, -0.25) is 4.79 Å². The number of hydrogen-bond donors (Lipinski definition) is 2. The molecule has 0 amide bonds. The van der Waals surface area contributed by atoms with Crippen LogP contribution in [-0.4, -0.2) is 46.6 Å². The van der Waals surface area contributed by atoms with E-state index >= 15 is 0 Å². The Morgan fingerprint density at radius 3 is 3.00 bits per heavy atom. The zero-order chi connectivity index (χ0) is 12.4. The van der Waals surface area contributed by atoms with Crippen molar-refractivity contribution in [2.45, 2.75) is 31.6 Å². The molecule has 1 aliphatic rings. The highest BCUT2D eigenvalue weighted by molar-refractivity contribution is 5.76. The summed E-state index contributed by atoms with van der Waals surface area (Å²) < 4.78 is 0. The molecule has 0 bridgehead atoms. The minimum Gasteiger partial charge on any atom is -0.481 e. The van der Waals surface area contributed by atoms with E-state index in [1.807, 2.05) is 14.1 Å². The minimum atomic E-state index is -0.753. The maximum absolute atomic E-state index is 11.1. The minimum absolute atomic E-state index is 0.414. The molecule has 2 rings (SSSR count). The number of nitrogens with one attached hydrogen (secondary N) is 1. The van der Waals surface area contributed by atoms with Gasteiger partial charge >= 0.3 is 5.97 Å². The first-order valence-electron chi connectivity index (χ1n) is 6.03. The van der Waals surface area contributed by atoms with Crippen LogP contribution in [0.2, 0.25) is 0 Å². The number of imidazole rings is 1. The van der Waals surface area contributed by atoms with Gasteiger partial charge in [-0.1, -0.05) is 0 Å². The molecule has 0 radical (unpaired) electrons. The highest BCUT2D eigenvalue weighted by Crippen LogP contribution is 2.30. The van der Waals surface area contributed by atoms with Crippen molar-refractivity contribution in [3.05, 3.63) is 17.2 Å². The van der Waals surface area contributed by atoms with E-state index in [2.05, 4.69) is 14.9 Å². The highest BCUT2D eigenvalue weighted by Gasteiger charge is 2.29. The van der Waals surface area contributed by atoms with E-state index in [0.717, 1.165) is 43.0 Å². The molecule has 0 saturated heterocycles. The topological polar surface area (TPSA) is 69.2 Å². The number of carboxylic acids is 1. The molecule has 1 heterocycles. The SMILES string of the molecule is CN(C)CCc1nc2c([nH]1)CCCC2C(=O)O. The van der Waals surface area contributed by atoms with Gasteiger partial charge in [-0.25, -0.2) is 4.98 Å². The third-order valence-electron chi connectivity index (χ3n) is 3.20. The summed E-state index contributed by atoms with van der Waals surface area (Å²) in [6.45, 7) is 0.921. The van der Waals surface area contributed by atoms with Crippen LogP contribution in [0, 0.1) is 0 Å². The second kappa shape index (κ2) is 4.87. The number of hydrogen-bond acceptors (Lipinski definition) is 3. The summed E-state index contributed by atoms with van der Waals surface area (Å²) in [6.07, 6.45) is 3.40. The molecule has 1 unspecified atom stereocenters. The van der Waals surface area contributed by atoms with Crippen molar-refractivity contribution in [1.29, 1.82) is 0 Å². The van der Waals surface area contributed by atoms with Gasteiger partial charge in [0.2, 0.25) is 0 Å². The zero-order valence-electron chi connectivity index (χ0n) is 10.4. The quantitative estimate of drug-likeness (QED) is 0.820. The second-order valence-corrected chi connectivity index (χ2v) is 4.88. The third kappa shape index (κ3) is 2.66. The molecule has 1 aromatic rings. The number of likely N-dealkylation sites (N-methyl/N-ethyl adjacent to an activating group) is 1. The van der Waals surface area contributed by atoms with Crippen LogP contribution in [0.5, 0.6) is 0 Å². The maximum Gasteiger partial charge on any atom is 0.312 e. The fourth-order valence-electron chi connectivity index (χ4n) is 2.27. The Bertz CT molecular complexity index is 412. The number of carboxylic acid groups (broad SMARTS) is 1. The van der Waals surface area contributed by atoms with E-state index < -0.39 is 11.9 Å². The average molecular weight is 237 g/mol. The van der Waals surface area contributed by atoms with Crippen molar-refractivity contribution in [3.63, 3.8) is 0 Å². The molecule has 5 nitrogen and oxygen atoms in total. The van der Waals surface area contributed by atoms with Crippen LogP contribution in [0.25, 0.3) is 0 Å². The molecule has 0 aromatic carbocycles. The molecule has 2 N–H and O–H groups in total. The molecule has 1 atom stereocenters. The Kier molecular flexibility index (Phi) is 3.47. The van der Waals surface area contributed by atoms with E-state index in [1.54, 1.807) is 0 Å². The lowest BCUT2D eigenvalue weighted by molar-refractivity contribution is -0.139. The van der Waals surface area contributed by atoms with Gasteiger partial charge in [-0.15, -0.1) is 0 Å². The van der Waals surface area contributed by atoms with Crippen molar-refractivity contribution in [2.24, 2.45) is 0 Å². The van der Waals surface area contributed by atoms with Gasteiger partial charge in [0.15, 0.2) is 0 Å². The standard InChI is InChI=1S/C12H19N3O2/c1-15(2)7-6-10-13-9-5-3-4-8(12(16)17)11(9)14-10/h8H,3-7H2,1-2H3,(H,13,14)(H,16,17). The number of nitrogens with zero attached hydrogens (tertiary/aromatic N) is 2. The predicted octanol–water partition coefficient (Wildman–Crippen LogP) is 1.02. The maximum atomic E-state index is 11.1. The summed E-state index contributed by atoms with van der Waals surface area (Å²) >= 11 is 0. The Hall–Kier alpha value is -1.36. The summed E-state index contributed by atoms with van der Waals surface area (Å²) in [7, 11) is 4.03. The van der Waals surface area contributed by atoms with Gasteiger partial charge in [0.25, 0.3) is 0 Å². The van der Waals surface area contributed by atoms with Gasteiger partial charge in [-0.05, 0) is 33.4 Å². The molecule has 1 aromatic heterocycles. The number of carbonyl (C=O) groups is 1. The molecular formula is C12H19N3O2. The smallest absolute Gasteiger partial charge is 0.312 e. The fraction of sp³-hybridized carbons (Fsp3) is 0.667. The zero-order valence-corrected chi connectivity index (χ0v) is 10.4. The number of H-pyrrole nitrogens is 1.